The van der Waals surface area contributed by atoms with E-state index in [1.54, 1.807) is 11.3 Å². The van der Waals surface area contributed by atoms with Gasteiger partial charge >= 0.3 is 0 Å². The standard InChI is InChI=1S/C13H8INOS/c14-9-1-2-12-10(6-9)11(13(16)15-12)5-8-3-4-17-7-8/h1-7H,(H,15,16). The molecule has 0 aliphatic carbocycles. The van der Waals surface area contributed by atoms with Crippen LogP contribution in [0.15, 0.2) is 35.0 Å². The van der Waals surface area contributed by atoms with Crippen LogP contribution >= 0.6 is 33.9 Å². The Morgan fingerprint density at radius 3 is 2.94 bits per heavy atom. The second-order valence-corrected chi connectivity index (χ2v) is 5.78. The smallest absolute Gasteiger partial charge is 0.256 e. The fourth-order valence-electron chi connectivity index (χ4n) is 1.83. The van der Waals surface area contributed by atoms with Crippen LogP contribution in [0.25, 0.3) is 11.6 Å². The van der Waals surface area contributed by atoms with E-state index in [1.165, 1.54) is 0 Å². The lowest BCUT2D eigenvalue weighted by molar-refractivity contribution is -0.110. The number of hydrogen-bond donors (Lipinski definition) is 1. The highest BCUT2D eigenvalue weighted by molar-refractivity contribution is 14.1. The number of fused-ring (bicyclic) bond motifs is 1. The quantitative estimate of drug-likeness (QED) is 0.613. The monoisotopic (exact) mass is 353 g/mol. The van der Waals surface area contributed by atoms with Crippen LogP contribution in [0.2, 0.25) is 0 Å². The molecule has 0 unspecified atom stereocenters. The summed E-state index contributed by atoms with van der Waals surface area (Å²) in [5.41, 5.74) is 3.72. The lowest BCUT2D eigenvalue weighted by Crippen LogP contribution is -2.03. The summed E-state index contributed by atoms with van der Waals surface area (Å²) in [6, 6.07) is 7.99. The summed E-state index contributed by atoms with van der Waals surface area (Å²) >= 11 is 3.89. The number of amides is 1. The van der Waals surface area contributed by atoms with Crippen molar-refractivity contribution in [3.63, 3.8) is 0 Å². The van der Waals surface area contributed by atoms with Crippen LogP contribution in [0.3, 0.4) is 0 Å². The molecule has 0 bridgehead atoms. The van der Waals surface area contributed by atoms with Crippen LogP contribution < -0.4 is 5.32 Å². The molecule has 0 saturated heterocycles. The van der Waals surface area contributed by atoms with Gasteiger partial charge in [-0.1, -0.05) is 0 Å². The Labute approximate surface area is 117 Å². The summed E-state index contributed by atoms with van der Waals surface area (Å²) in [6.45, 7) is 0. The Balaban J connectivity index is 2.13. The molecule has 1 aliphatic rings. The zero-order valence-electron chi connectivity index (χ0n) is 8.74. The topological polar surface area (TPSA) is 29.1 Å². The Morgan fingerprint density at radius 2 is 2.18 bits per heavy atom. The van der Waals surface area contributed by atoms with Gasteiger partial charge in [0.1, 0.15) is 0 Å². The number of benzene rings is 1. The summed E-state index contributed by atoms with van der Waals surface area (Å²) in [7, 11) is 0. The third-order valence-electron chi connectivity index (χ3n) is 2.62. The Hall–Kier alpha value is -1.14. The van der Waals surface area contributed by atoms with Gasteiger partial charge in [0, 0.05) is 20.4 Å². The van der Waals surface area contributed by atoms with Crippen LogP contribution in [0.4, 0.5) is 5.69 Å². The van der Waals surface area contributed by atoms with E-state index in [1.807, 2.05) is 41.1 Å². The molecule has 17 heavy (non-hydrogen) atoms. The van der Waals surface area contributed by atoms with E-state index in [-0.39, 0.29) is 5.91 Å². The van der Waals surface area contributed by atoms with Crippen molar-refractivity contribution < 1.29 is 4.79 Å². The summed E-state index contributed by atoms with van der Waals surface area (Å²) in [6.07, 6.45) is 1.94. The summed E-state index contributed by atoms with van der Waals surface area (Å²) < 4.78 is 1.13. The molecule has 0 spiro atoms. The zero-order chi connectivity index (χ0) is 11.8. The number of carbonyl (C=O) groups excluding carboxylic acids is 1. The van der Waals surface area contributed by atoms with Crippen molar-refractivity contribution in [2.24, 2.45) is 0 Å². The molecule has 0 fully saturated rings. The van der Waals surface area contributed by atoms with Crippen molar-refractivity contribution in [3.8, 4) is 0 Å². The summed E-state index contributed by atoms with van der Waals surface area (Å²) in [4.78, 5) is 11.9. The third-order valence-corrected chi connectivity index (χ3v) is 3.99. The van der Waals surface area contributed by atoms with Gasteiger partial charge in [-0.3, -0.25) is 4.79 Å². The van der Waals surface area contributed by atoms with Gasteiger partial charge in [-0.05, 0) is 69.3 Å². The first kappa shape index (κ1) is 11.0. The summed E-state index contributed by atoms with van der Waals surface area (Å²) in [5.74, 6) is -0.0202. The van der Waals surface area contributed by atoms with Gasteiger partial charge in [-0.2, -0.15) is 11.3 Å². The Morgan fingerprint density at radius 1 is 1.29 bits per heavy atom. The molecule has 2 aromatic rings. The lowest BCUT2D eigenvalue weighted by atomic mass is 10.1. The first-order valence-electron chi connectivity index (χ1n) is 5.09. The molecule has 1 aromatic carbocycles. The summed E-state index contributed by atoms with van der Waals surface area (Å²) in [5, 5.41) is 6.92. The van der Waals surface area contributed by atoms with E-state index in [2.05, 4.69) is 27.9 Å². The maximum Gasteiger partial charge on any atom is 0.256 e. The molecule has 1 aromatic heterocycles. The Bertz CT molecular complexity index is 616. The average Bonchev–Trinajstić information content (AvgIpc) is 2.90. The number of thiophene rings is 1. The number of carbonyl (C=O) groups is 1. The van der Waals surface area contributed by atoms with Crippen LogP contribution in [0.5, 0.6) is 0 Å². The van der Waals surface area contributed by atoms with Gasteiger partial charge in [-0.15, -0.1) is 0 Å². The molecule has 1 aliphatic heterocycles. The molecule has 2 nitrogen and oxygen atoms in total. The van der Waals surface area contributed by atoms with Crippen LogP contribution in [-0.2, 0) is 4.79 Å². The second-order valence-electron chi connectivity index (χ2n) is 3.76. The van der Waals surface area contributed by atoms with E-state index in [4.69, 9.17) is 0 Å². The van der Waals surface area contributed by atoms with Gasteiger partial charge in [0.05, 0.1) is 0 Å². The van der Waals surface area contributed by atoms with E-state index in [0.717, 1.165) is 26.0 Å². The van der Waals surface area contributed by atoms with Gasteiger partial charge in [-0.25, -0.2) is 0 Å². The normalized spacial score (nSPS) is 16.1. The van der Waals surface area contributed by atoms with Crippen molar-refractivity contribution in [1.29, 1.82) is 0 Å². The highest BCUT2D eigenvalue weighted by atomic mass is 127. The fraction of sp³-hybridized carbons (Fsp3) is 0. The van der Waals surface area contributed by atoms with Gasteiger partial charge in [0.25, 0.3) is 5.91 Å². The minimum atomic E-state index is -0.0202. The molecule has 0 atom stereocenters. The number of halogens is 1. The van der Waals surface area contributed by atoms with Crippen molar-refractivity contribution in [1.82, 2.24) is 0 Å². The number of hydrogen-bond acceptors (Lipinski definition) is 2. The van der Waals surface area contributed by atoms with Crippen molar-refractivity contribution in [2.75, 3.05) is 5.32 Å². The maximum absolute atomic E-state index is 11.9. The van der Waals surface area contributed by atoms with Crippen molar-refractivity contribution in [2.45, 2.75) is 0 Å². The number of nitrogens with one attached hydrogen (secondary N) is 1. The molecule has 1 N–H and O–H groups in total. The van der Waals surface area contributed by atoms with E-state index in [9.17, 15) is 4.79 Å². The molecular formula is C13H8INOS. The lowest BCUT2D eigenvalue weighted by Gasteiger charge is -1.98. The minimum Gasteiger partial charge on any atom is -0.321 e. The highest BCUT2D eigenvalue weighted by Crippen LogP contribution is 2.34. The van der Waals surface area contributed by atoms with Crippen molar-refractivity contribution in [3.05, 3.63) is 49.7 Å². The largest absolute Gasteiger partial charge is 0.321 e. The molecular weight excluding hydrogens is 345 g/mol. The van der Waals surface area contributed by atoms with E-state index >= 15 is 0 Å². The third kappa shape index (κ3) is 2.02. The molecule has 84 valence electrons. The van der Waals surface area contributed by atoms with Crippen LogP contribution in [0.1, 0.15) is 11.1 Å². The Kier molecular flexibility index (Phi) is 2.76. The maximum atomic E-state index is 11.9. The molecule has 3 rings (SSSR count). The SMILES string of the molecule is O=C1Nc2ccc(I)cc2C1=Cc1ccsc1. The second kappa shape index (κ2) is 4.27. The minimum absolute atomic E-state index is 0.0202. The van der Waals surface area contributed by atoms with Crippen molar-refractivity contribution >= 4 is 57.2 Å². The van der Waals surface area contributed by atoms with E-state index < -0.39 is 0 Å². The number of rotatable bonds is 1. The first-order valence-corrected chi connectivity index (χ1v) is 7.11. The predicted octanol–water partition coefficient (Wildman–Crippen LogP) is 3.85. The zero-order valence-corrected chi connectivity index (χ0v) is 11.7. The molecule has 1 amide bonds. The molecule has 4 heteroatoms. The molecule has 0 radical (unpaired) electrons. The molecule has 2 heterocycles. The number of anilines is 1. The highest BCUT2D eigenvalue weighted by Gasteiger charge is 2.23. The average molecular weight is 353 g/mol. The van der Waals surface area contributed by atoms with Gasteiger partial charge in [0.2, 0.25) is 0 Å². The van der Waals surface area contributed by atoms with Crippen LogP contribution in [-0.4, -0.2) is 5.91 Å². The molecule has 0 saturated carbocycles. The van der Waals surface area contributed by atoms with Gasteiger partial charge < -0.3 is 5.32 Å². The van der Waals surface area contributed by atoms with E-state index in [0.29, 0.717) is 0 Å². The fourth-order valence-corrected chi connectivity index (χ4v) is 2.94. The first-order chi connectivity index (χ1) is 8.24. The van der Waals surface area contributed by atoms with Gasteiger partial charge in [0.15, 0.2) is 0 Å². The van der Waals surface area contributed by atoms with Crippen LogP contribution in [0, 0.1) is 3.57 Å². The predicted molar refractivity (Wildman–Crippen MR) is 80.0 cm³/mol.